The zero-order valence-corrected chi connectivity index (χ0v) is 10.3. The van der Waals surface area contributed by atoms with Gasteiger partial charge in [0.1, 0.15) is 0 Å². The van der Waals surface area contributed by atoms with Crippen LogP contribution in [0.1, 0.15) is 43.1 Å². The van der Waals surface area contributed by atoms with Crippen LogP contribution in [0.15, 0.2) is 24.3 Å². The van der Waals surface area contributed by atoms with E-state index in [4.69, 9.17) is 0 Å². The monoisotopic (exact) mass is 217 g/mol. The van der Waals surface area contributed by atoms with E-state index < -0.39 is 0 Å². The second-order valence-electron chi connectivity index (χ2n) is 5.47. The molecule has 86 valence electrons. The van der Waals surface area contributed by atoms with E-state index in [9.17, 15) is 4.79 Å². The van der Waals surface area contributed by atoms with Crippen LogP contribution in [0.5, 0.6) is 0 Å². The van der Waals surface area contributed by atoms with Gasteiger partial charge in [0.15, 0.2) is 0 Å². The maximum absolute atomic E-state index is 11.9. The first-order valence-corrected chi connectivity index (χ1v) is 5.88. The molecule has 1 saturated heterocycles. The molecule has 2 rings (SSSR count). The lowest BCUT2D eigenvalue weighted by molar-refractivity contribution is 0.0652. The molecular weight excluding hydrogens is 198 g/mol. The van der Waals surface area contributed by atoms with Gasteiger partial charge in [0, 0.05) is 18.7 Å². The minimum absolute atomic E-state index is 0.151. The van der Waals surface area contributed by atoms with Crippen molar-refractivity contribution in [3.05, 3.63) is 35.4 Å². The number of rotatable bonds is 1. The Morgan fingerprint density at radius 1 is 1.12 bits per heavy atom. The molecule has 0 aromatic heterocycles. The van der Waals surface area contributed by atoms with Crippen molar-refractivity contribution in [1.82, 2.24) is 4.90 Å². The smallest absolute Gasteiger partial charge is 0.253 e. The van der Waals surface area contributed by atoms with Crippen molar-refractivity contribution in [2.75, 3.05) is 13.1 Å². The highest BCUT2D eigenvalue weighted by Gasteiger charge is 2.22. The summed E-state index contributed by atoms with van der Waals surface area (Å²) in [6, 6.07) is 8.02. The number of carbonyl (C=O) groups is 1. The molecule has 16 heavy (non-hydrogen) atoms. The molecule has 1 aliphatic heterocycles. The van der Waals surface area contributed by atoms with Gasteiger partial charge in [-0.1, -0.05) is 32.9 Å². The predicted molar refractivity (Wildman–Crippen MR) is 65.7 cm³/mol. The van der Waals surface area contributed by atoms with Gasteiger partial charge in [0.2, 0.25) is 0 Å². The summed E-state index contributed by atoms with van der Waals surface area (Å²) in [5, 5.41) is 0. The average Bonchev–Trinajstić information content (AvgIpc) is 2.14. The molecule has 1 aliphatic rings. The third kappa shape index (κ3) is 2.11. The molecule has 1 amide bonds. The van der Waals surface area contributed by atoms with Crippen LogP contribution >= 0.6 is 0 Å². The topological polar surface area (TPSA) is 20.3 Å². The number of benzene rings is 1. The fraction of sp³-hybridized carbons (Fsp3) is 0.500. The van der Waals surface area contributed by atoms with Crippen molar-refractivity contribution < 1.29 is 4.79 Å². The normalized spacial score (nSPS) is 15.8. The standard InChI is InChI=1S/C14H19NO/c1-14(2,3)12-7-5-11(6-8-12)13(16)15-9-4-10-15/h5-8H,4,9-10H2,1-3H3. The van der Waals surface area contributed by atoms with Gasteiger partial charge >= 0.3 is 0 Å². The van der Waals surface area contributed by atoms with Crippen LogP contribution in [0, 0.1) is 0 Å². The number of nitrogens with zero attached hydrogens (tertiary/aromatic N) is 1. The molecular formula is C14H19NO. The number of likely N-dealkylation sites (tertiary alicyclic amines) is 1. The molecule has 1 aromatic rings. The Morgan fingerprint density at radius 2 is 1.69 bits per heavy atom. The van der Waals surface area contributed by atoms with Gasteiger partial charge in [-0.3, -0.25) is 4.79 Å². The summed E-state index contributed by atoms with van der Waals surface area (Å²) >= 11 is 0. The second-order valence-corrected chi connectivity index (χ2v) is 5.47. The second kappa shape index (κ2) is 3.93. The molecule has 0 aliphatic carbocycles. The maximum atomic E-state index is 11.9. The Kier molecular flexibility index (Phi) is 2.75. The third-order valence-electron chi connectivity index (χ3n) is 3.14. The fourth-order valence-electron chi connectivity index (χ4n) is 1.81. The average molecular weight is 217 g/mol. The maximum Gasteiger partial charge on any atom is 0.253 e. The quantitative estimate of drug-likeness (QED) is 0.708. The van der Waals surface area contributed by atoms with E-state index in [0.29, 0.717) is 0 Å². The lowest BCUT2D eigenvalue weighted by Crippen LogP contribution is -2.42. The van der Waals surface area contributed by atoms with E-state index in [1.165, 1.54) is 5.56 Å². The van der Waals surface area contributed by atoms with E-state index in [0.717, 1.165) is 25.1 Å². The molecule has 0 N–H and O–H groups in total. The summed E-state index contributed by atoms with van der Waals surface area (Å²) in [6.45, 7) is 8.37. The van der Waals surface area contributed by atoms with Gasteiger partial charge in [-0.05, 0) is 29.5 Å². The zero-order chi connectivity index (χ0) is 11.8. The molecule has 1 fully saturated rings. The minimum Gasteiger partial charge on any atom is -0.339 e. The van der Waals surface area contributed by atoms with Crippen LogP contribution in [-0.4, -0.2) is 23.9 Å². The Hall–Kier alpha value is -1.31. The lowest BCUT2D eigenvalue weighted by atomic mass is 9.86. The summed E-state index contributed by atoms with van der Waals surface area (Å²) in [5.74, 6) is 0.173. The van der Waals surface area contributed by atoms with E-state index in [2.05, 4.69) is 32.9 Å². The summed E-state index contributed by atoms with van der Waals surface area (Å²) < 4.78 is 0. The van der Waals surface area contributed by atoms with Crippen LogP contribution in [0.3, 0.4) is 0 Å². The van der Waals surface area contributed by atoms with Crippen LogP contribution in [0.25, 0.3) is 0 Å². The highest BCUT2D eigenvalue weighted by Crippen LogP contribution is 2.23. The molecule has 0 unspecified atom stereocenters. The third-order valence-corrected chi connectivity index (χ3v) is 3.14. The van der Waals surface area contributed by atoms with Gasteiger partial charge in [-0.2, -0.15) is 0 Å². The molecule has 2 nitrogen and oxygen atoms in total. The summed E-state index contributed by atoms with van der Waals surface area (Å²) in [5.41, 5.74) is 2.23. The Morgan fingerprint density at radius 3 is 2.06 bits per heavy atom. The Bertz CT molecular complexity index is 382. The van der Waals surface area contributed by atoms with Crippen molar-refractivity contribution in [3.8, 4) is 0 Å². The SMILES string of the molecule is CC(C)(C)c1ccc(C(=O)N2CCC2)cc1. The summed E-state index contributed by atoms with van der Waals surface area (Å²) in [6.07, 6.45) is 1.14. The van der Waals surface area contributed by atoms with Gasteiger partial charge in [0.05, 0.1) is 0 Å². The van der Waals surface area contributed by atoms with Crippen molar-refractivity contribution in [2.24, 2.45) is 0 Å². The van der Waals surface area contributed by atoms with Crippen molar-refractivity contribution >= 4 is 5.91 Å². The van der Waals surface area contributed by atoms with Gasteiger partial charge in [-0.15, -0.1) is 0 Å². The Labute approximate surface area is 97.3 Å². The van der Waals surface area contributed by atoms with E-state index >= 15 is 0 Å². The molecule has 1 heterocycles. The lowest BCUT2D eigenvalue weighted by Gasteiger charge is -2.31. The molecule has 0 bridgehead atoms. The number of amides is 1. The van der Waals surface area contributed by atoms with Gasteiger partial charge in [0.25, 0.3) is 5.91 Å². The summed E-state index contributed by atoms with van der Waals surface area (Å²) in [7, 11) is 0. The van der Waals surface area contributed by atoms with Crippen LogP contribution in [-0.2, 0) is 5.41 Å². The molecule has 0 radical (unpaired) electrons. The van der Waals surface area contributed by atoms with E-state index in [1.807, 2.05) is 17.0 Å². The fourth-order valence-corrected chi connectivity index (χ4v) is 1.81. The molecule has 1 aromatic carbocycles. The largest absolute Gasteiger partial charge is 0.339 e. The minimum atomic E-state index is 0.151. The van der Waals surface area contributed by atoms with Crippen LogP contribution in [0.4, 0.5) is 0 Å². The zero-order valence-electron chi connectivity index (χ0n) is 10.3. The molecule has 0 spiro atoms. The first-order chi connectivity index (χ1) is 7.48. The first-order valence-electron chi connectivity index (χ1n) is 5.88. The van der Waals surface area contributed by atoms with Crippen molar-refractivity contribution in [1.29, 1.82) is 0 Å². The van der Waals surface area contributed by atoms with E-state index in [-0.39, 0.29) is 11.3 Å². The van der Waals surface area contributed by atoms with E-state index in [1.54, 1.807) is 0 Å². The van der Waals surface area contributed by atoms with Crippen molar-refractivity contribution in [2.45, 2.75) is 32.6 Å². The molecule has 0 atom stereocenters. The predicted octanol–water partition coefficient (Wildman–Crippen LogP) is 2.83. The molecule has 2 heteroatoms. The number of carbonyl (C=O) groups excluding carboxylic acids is 1. The van der Waals surface area contributed by atoms with Crippen LogP contribution in [0.2, 0.25) is 0 Å². The van der Waals surface area contributed by atoms with Gasteiger partial charge in [-0.25, -0.2) is 0 Å². The highest BCUT2D eigenvalue weighted by molar-refractivity contribution is 5.94. The Balaban J connectivity index is 2.15. The molecule has 0 saturated carbocycles. The van der Waals surface area contributed by atoms with Crippen LogP contribution < -0.4 is 0 Å². The highest BCUT2D eigenvalue weighted by atomic mass is 16.2. The number of hydrogen-bond donors (Lipinski definition) is 0. The van der Waals surface area contributed by atoms with Gasteiger partial charge < -0.3 is 4.90 Å². The summed E-state index contributed by atoms with van der Waals surface area (Å²) in [4.78, 5) is 13.8. The number of hydrogen-bond acceptors (Lipinski definition) is 1. The van der Waals surface area contributed by atoms with Crippen molar-refractivity contribution in [3.63, 3.8) is 0 Å². The first kappa shape index (κ1) is 11.2.